The highest BCUT2D eigenvalue weighted by Crippen LogP contribution is 2.28. The molecule has 9 nitrogen and oxygen atoms in total. The molecule has 1 aromatic rings. The van der Waals surface area contributed by atoms with E-state index in [0.717, 1.165) is 28.9 Å². The standard InChI is InChI=1S/C27H40N4O5/c1-9-12-19(5)29-24(33)23(22-17(3)13-11-14-18(22)4)31(10-2)25(34)20(15-16-21(28)32)30-26(35)36-27(6,7)8/h2,11,13-14,19-20,23H,9,12,15-16H2,1,3-8H3,(H2,28,32)(H,29,33)(H,30,35). The number of aryl methyl sites for hydroxylation is 2. The van der Waals surface area contributed by atoms with E-state index in [9.17, 15) is 19.2 Å². The molecule has 1 aromatic carbocycles. The molecule has 0 aliphatic rings. The van der Waals surface area contributed by atoms with Crippen molar-refractivity contribution in [3.8, 4) is 12.5 Å². The predicted molar refractivity (Wildman–Crippen MR) is 138 cm³/mol. The van der Waals surface area contributed by atoms with Gasteiger partial charge in [0, 0.05) is 18.5 Å². The Labute approximate surface area is 214 Å². The molecule has 1 rings (SSSR count). The van der Waals surface area contributed by atoms with Gasteiger partial charge in [-0.15, -0.1) is 0 Å². The fraction of sp³-hybridized carbons (Fsp3) is 0.556. The molecule has 0 saturated carbocycles. The molecule has 3 atom stereocenters. The van der Waals surface area contributed by atoms with Gasteiger partial charge in [-0.25, -0.2) is 4.79 Å². The van der Waals surface area contributed by atoms with E-state index >= 15 is 0 Å². The van der Waals surface area contributed by atoms with Crippen LogP contribution in [0.5, 0.6) is 0 Å². The second-order valence-electron chi connectivity index (χ2n) is 9.95. The first-order valence-electron chi connectivity index (χ1n) is 12.1. The fourth-order valence-corrected chi connectivity index (χ4v) is 3.89. The second-order valence-corrected chi connectivity index (χ2v) is 9.95. The van der Waals surface area contributed by atoms with Crippen LogP contribution >= 0.6 is 0 Å². The number of rotatable bonds is 11. The Kier molecular flexibility index (Phi) is 11.5. The van der Waals surface area contributed by atoms with Crippen LogP contribution in [0.4, 0.5) is 4.79 Å². The van der Waals surface area contributed by atoms with Crippen molar-refractivity contribution in [2.75, 3.05) is 0 Å². The Balaban J connectivity index is 3.49. The van der Waals surface area contributed by atoms with E-state index in [1.807, 2.05) is 45.9 Å². The molecule has 4 amide bonds. The monoisotopic (exact) mass is 500 g/mol. The molecule has 0 aliphatic heterocycles. The maximum absolute atomic E-state index is 13.7. The SMILES string of the molecule is C#CN(C(=O)C(CCC(N)=O)NC(=O)OC(C)(C)C)C(C(=O)NC(C)CCC)c1c(C)cccc1C. The van der Waals surface area contributed by atoms with Crippen molar-refractivity contribution < 1.29 is 23.9 Å². The van der Waals surface area contributed by atoms with Gasteiger partial charge in [0.1, 0.15) is 17.7 Å². The normalized spacial score (nSPS) is 13.5. The average molecular weight is 501 g/mol. The third-order valence-corrected chi connectivity index (χ3v) is 5.48. The molecule has 0 heterocycles. The van der Waals surface area contributed by atoms with Gasteiger partial charge in [-0.05, 0) is 71.1 Å². The summed E-state index contributed by atoms with van der Waals surface area (Å²) in [7, 11) is 0. The van der Waals surface area contributed by atoms with E-state index < -0.39 is 41.5 Å². The number of nitrogens with one attached hydrogen (secondary N) is 2. The third-order valence-electron chi connectivity index (χ3n) is 5.48. The summed E-state index contributed by atoms with van der Waals surface area (Å²) in [5.74, 6) is -1.82. The van der Waals surface area contributed by atoms with Gasteiger partial charge in [0.05, 0.1) is 0 Å². The van der Waals surface area contributed by atoms with E-state index in [2.05, 4.69) is 16.7 Å². The average Bonchev–Trinajstić information content (AvgIpc) is 2.74. The van der Waals surface area contributed by atoms with Crippen molar-refractivity contribution in [2.24, 2.45) is 5.73 Å². The lowest BCUT2D eigenvalue weighted by atomic mass is 9.93. The lowest BCUT2D eigenvalue weighted by molar-refractivity contribution is -0.139. The lowest BCUT2D eigenvalue weighted by Crippen LogP contribution is -2.52. The number of ether oxygens (including phenoxy) is 1. The Hall–Kier alpha value is -3.54. The van der Waals surface area contributed by atoms with E-state index in [0.29, 0.717) is 5.56 Å². The van der Waals surface area contributed by atoms with E-state index in [1.54, 1.807) is 20.8 Å². The van der Waals surface area contributed by atoms with Crippen LogP contribution in [0.15, 0.2) is 18.2 Å². The molecule has 0 aromatic heterocycles. The van der Waals surface area contributed by atoms with Gasteiger partial charge >= 0.3 is 6.09 Å². The summed E-state index contributed by atoms with van der Waals surface area (Å²) in [6, 6.07) is 5.33. The van der Waals surface area contributed by atoms with E-state index in [4.69, 9.17) is 16.9 Å². The summed E-state index contributed by atoms with van der Waals surface area (Å²) in [6.07, 6.45) is 6.27. The Bertz CT molecular complexity index is 973. The lowest BCUT2D eigenvalue weighted by Gasteiger charge is -2.32. The van der Waals surface area contributed by atoms with Crippen molar-refractivity contribution in [1.82, 2.24) is 15.5 Å². The maximum Gasteiger partial charge on any atom is 0.408 e. The van der Waals surface area contributed by atoms with Gasteiger partial charge in [-0.1, -0.05) is 38.0 Å². The summed E-state index contributed by atoms with van der Waals surface area (Å²) < 4.78 is 5.28. The molecule has 0 saturated heterocycles. The molecule has 198 valence electrons. The smallest absolute Gasteiger partial charge is 0.408 e. The van der Waals surface area contributed by atoms with Crippen molar-refractivity contribution in [2.45, 2.75) is 97.9 Å². The van der Waals surface area contributed by atoms with Crippen LogP contribution in [0.1, 0.15) is 83.0 Å². The third kappa shape index (κ3) is 9.25. The van der Waals surface area contributed by atoms with Crippen LogP contribution in [-0.2, 0) is 19.1 Å². The fourth-order valence-electron chi connectivity index (χ4n) is 3.89. The van der Waals surface area contributed by atoms with Crippen molar-refractivity contribution in [1.29, 1.82) is 0 Å². The quantitative estimate of drug-likeness (QED) is 0.317. The van der Waals surface area contributed by atoms with Crippen LogP contribution in [0.25, 0.3) is 0 Å². The largest absolute Gasteiger partial charge is 0.444 e. The van der Waals surface area contributed by atoms with Crippen LogP contribution in [0.2, 0.25) is 0 Å². The van der Waals surface area contributed by atoms with Crippen LogP contribution in [0, 0.1) is 26.3 Å². The zero-order valence-electron chi connectivity index (χ0n) is 22.4. The first-order chi connectivity index (χ1) is 16.7. The zero-order chi connectivity index (χ0) is 27.6. The molecule has 9 heteroatoms. The van der Waals surface area contributed by atoms with E-state index in [1.165, 1.54) is 0 Å². The highest BCUT2D eigenvalue weighted by molar-refractivity contribution is 5.94. The van der Waals surface area contributed by atoms with Gasteiger partial charge in [0.2, 0.25) is 11.8 Å². The van der Waals surface area contributed by atoms with Crippen molar-refractivity contribution in [3.05, 3.63) is 34.9 Å². The molecule has 3 unspecified atom stereocenters. The zero-order valence-corrected chi connectivity index (χ0v) is 22.4. The number of carbonyl (C=O) groups excluding carboxylic acids is 4. The van der Waals surface area contributed by atoms with Crippen LogP contribution < -0.4 is 16.4 Å². The number of carbonyl (C=O) groups is 4. The number of nitrogens with zero attached hydrogens (tertiary/aromatic N) is 1. The van der Waals surface area contributed by atoms with E-state index in [-0.39, 0.29) is 18.9 Å². The Morgan fingerprint density at radius 1 is 1.11 bits per heavy atom. The number of benzene rings is 1. The summed E-state index contributed by atoms with van der Waals surface area (Å²) >= 11 is 0. The summed E-state index contributed by atoms with van der Waals surface area (Å²) in [5.41, 5.74) is 6.62. The van der Waals surface area contributed by atoms with Crippen molar-refractivity contribution in [3.63, 3.8) is 0 Å². The first kappa shape index (κ1) is 30.5. The predicted octanol–water partition coefficient (Wildman–Crippen LogP) is 3.23. The molecule has 0 spiro atoms. The summed E-state index contributed by atoms with van der Waals surface area (Å²) in [4.78, 5) is 52.2. The number of amides is 4. The van der Waals surface area contributed by atoms with Gasteiger partial charge in [0.25, 0.3) is 5.91 Å². The molecule has 0 aliphatic carbocycles. The van der Waals surface area contributed by atoms with Gasteiger partial charge < -0.3 is 21.1 Å². The Morgan fingerprint density at radius 2 is 1.69 bits per heavy atom. The number of hydrogen-bond donors (Lipinski definition) is 3. The van der Waals surface area contributed by atoms with Gasteiger partial charge in [0.15, 0.2) is 0 Å². The van der Waals surface area contributed by atoms with Gasteiger partial charge in [-0.2, -0.15) is 0 Å². The van der Waals surface area contributed by atoms with Crippen molar-refractivity contribution >= 4 is 23.8 Å². The number of terminal acetylenes is 1. The minimum atomic E-state index is -1.24. The topological polar surface area (TPSA) is 131 Å². The summed E-state index contributed by atoms with van der Waals surface area (Å²) in [5, 5.41) is 5.44. The maximum atomic E-state index is 13.7. The number of nitrogens with two attached hydrogens (primary N) is 1. The van der Waals surface area contributed by atoms with Crippen LogP contribution in [0.3, 0.4) is 0 Å². The molecule has 0 bridgehead atoms. The molecule has 0 radical (unpaired) electrons. The number of hydrogen-bond acceptors (Lipinski definition) is 5. The van der Waals surface area contributed by atoms with Crippen LogP contribution in [-0.4, -0.2) is 46.4 Å². The second kappa shape index (κ2) is 13.5. The van der Waals surface area contributed by atoms with Gasteiger partial charge in [-0.3, -0.25) is 19.3 Å². The first-order valence-corrected chi connectivity index (χ1v) is 12.1. The minimum Gasteiger partial charge on any atom is -0.444 e. The number of alkyl carbamates (subject to hydrolysis) is 1. The summed E-state index contributed by atoms with van der Waals surface area (Å²) in [6.45, 7) is 12.6. The molecule has 0 fully saturated rings. The number of primary amides is 1. The highest BCUT2D eigenvalue weighted by Gasteiger charge is 2.37. The highest BCUT2D eigenvalue weighted by atomic mass is 16.6. The minimum absolute atomic E-state index is 0.112. The molecular weight excluding hydrogens is 460 g/mol. The Morgan fingerprint density at radius 3 is 2.17 bits per heavy atom. The molecule has 36 heavy (non-hydrogen) atoms. The molecule has 4 N–H and O–H groups in total. The molecular formula is C27H40N4O5.